The van der Waals surface area contributed by atoms with Gasteiger partial charge in [-0.3, -0.25) is 9.36 Å². The van der Waals surface area contributed by atoms with E-state index in [0.717, 1.165) is 20.9 Å². The first-order chi connectivity index (χ1) is 12.6. The summed E-state index contributed by atoms with van der Waals surface area (Å²) in [7, 11) is 1.56. The van der Waals surface area contributed by atoms with Crippen LogP contribution in [-0.4, -0.2) is 32.8 Å². The molecule has 0 aliphatic heterocycles. The van der Waals surface area contributed by atoms with E-state index in [-0.39, 0.29) is 5.91 Å². The molecule has 2 aromatic carbocycles. The Balaban J connectivity index is 1.66. The maximum absolute atomic E-state index is 12.7. The second-order valence-corrected chi connectivity index (χ2v) is 6.86. The van der Waals surface area contributed by atoms with E-state index in [1.54, 1.807) is 53.9 Å². The Morgan fingerprint density at radius 2 is 1.96 bits per heavy atom. The minimum Gasteiger partial charge on any atom is -0.495 e. The lowest BCUT2D eigenvalue weighted by Crippen LogP contribution is -2.13. The molecule has 4 rings (SSSR count). The molecule has 0 spiro atoms. The molecule has 26 heavy (non-hydrogen) atoms. The van der Waals surface area contributed by atoms with Crippen molar-refractivity contribution < 1.29 is 9.53 Å². The number of benzene rings is 2. The van der Waals surface area contributed by atoms with E-state index in [0.29, 0.717) is 17.0 Å². The number of hydrogen-bond acceptors (Lipinski definition) is 6. The second kappa shape index (κ2) is 6.57. The maximum Gasteiger partial charge on any atom is 0.255 e. The number of thiazole rings is 1. The molecule has 1 N–H and O–H groups in total. The largest absolute Gasteiger partial charge is 0.495 e. The zero-order valence-electron chi connectivity index (χ0n) is 14.1. The van der Waals surface area contributed by atoms with Gasteiger partial charge >= 0.3 is 0 Å². The fourth-order valence-corrected chi connectivity index (χ4v) is 3.47. The summed E-state index contributed by atoms with van der Waals surface area (Å²) in [4.78, 5) is 17.1. The van der Waals surface area contributed by atoms with Crippen molar-refractivity contribution in [3.8, 4) is 11.4 Å². The van der Waals surface area contributed by atoms with E-state index in [4.69, 9.17) is 4.74 Å². The Bertz CT molecular complexity index is 1090. The summed E-state index contributed by atoms with van der Waals surface area (Å²) >= 11 is 1.61. The standard InChI is InChI=1S/C18H15N5O2S/c1-11-21-15-7-12(3-6-17(15)26-11)18(24)22-14-8-13(4-5-16(14)25-2)23-9-19-20-10-23/h3-10H,1-2H3,(H,22,24). The van der Waals surface area contributed by atoms with Crippen molar-refractivity contribution in [3.05, 3.63) is 59.6 Å². The molecule has 0 aliphatic carbocycles. The van der Waals surface area contributed by atoms with Crippen LogP contribution in [0.25, 0.3) is 15.9 Å². The zero-order valence-corrected chi connectivity index (χ0v) is 14.9. The van der Waals surface area contributed by atoms with E-state index in [1.165, 1.54) is 0 Å². The summed E-state index contributed by atoms with van der Waals surface area (Å²) < 4.78 is 8.17. The van der Waals surface area contributed by atoms with Crippen LogP contribution in [0.5, 0.6) is 5.75 Å². The molecule has 2 aromatic heterocycles. The number of nitrogens with one attached hydrogen (secondary N) is 1. The van der Waals surface area contributed by atoms with Gasteiger partial charge in [-0.1, -0.05) is 0 Å². The van der Waals surface area contributed by atoms with Crippen LogP contribution < -0.4 is 10.1 Å². The lowest BCUT2D eigenvalue weighted by molar-refractivity contribution is 0.102. The SMILES string of the molecule is COc1ccc(-n2cnnc2)cc1NC(=O)c1ccc2sc(C)nc2c1. The zero-order chi connectivity index (χ0) is 18.1. The molecule has 0 saturated heterocycles. The number of carbonyl (C=O) groups excluding carboxylic acids is 1. The molecule has 0 aliphatic rings. The quantitative estimate of drug-likeness (QED) is 0.599. The molecule has 0 saturated carbocycles. The average Bonchev–Trinajstić information content (AvgIpc) is 3.29. The summed E-state index contributed by atoms with van der Waals surface area (Å²) in [6, 6.07) is 11.0. The van der Waals surface area contributed by atoms with E-state index < -0.39 is 0 Å². The van der Waals surface area contributed by atoms with Crippen LogP contribution in [0, 0.1) is 6.92 Å². The van der Waals surface area contributed by atoms with Gasteiger partial charge in [0.05, 0.1) is 33.7 Å². The van der Waals surface area contributed by atoms with E-state index >= 15 is 0 Å². The number of anilines is 1. The number of aromatic nitrogens is 4. The highest BCUT2D eigenvalue weighted by Gasteiger charge is 2.13. The molecule has 0 radical (unpaired) electrons. The number of amides is 1. The highest BCUT2D eigenvalue weighted by atomic mass is 32.1. The van der Waals surface area contributed by atoms with Crippen molar-refractivity contribution in [2.24, 2.45) is 0 Å². The van der Waals surface area contributed by atoms with Crippen LogP contribution >= 0.6 is 11.3 Å². The molecule has 8 heteroatoms. The molecule has 130 valence electrons. The normalized spacial score (nSPS) is 10.8. The summed E-state index contributed by atoms with van der Waals surface area (Å²) in [5.41, 5.74) is 2.75. The van der Waals surface area contributed by atoms with Gasteiger partial charge in [0.15, 0.2) is 0 Å². The van der Waals surface area contributed by atoms with Gasteiger partial charge in [-0.15, -0.1) is 21.5 Å². The van der Waals surface area contributed by atoms with E-state index in [1.807, 2.05) is 25.1 Å². The van der Waals surface area contributed by atoms with Crippen molar-refractivity contribution in [2.75, 3.05) is 12.4 Å². The molecule has 7 nitrogen and oxygen atoms in total. The highest BCUT2D eigenvalue weighted by Crippen LogP contribution is 2.28. The average molecular weight is 365 g/mol. The van der Waals surface area contributed by atoms with Crippen molar-refractivity contribution in [2.45, 2.75) is 6.92 Å². The van der Waals surface area contributed by atoms with Crippen molar-refractivity contribution >= 4 is 33.1 Å². The number of aryl methyl sites for hydroxylation is 1. The Morgan fingerprint density at radius 1 is 1.15 bits per heavy atom. The summed E-state index contributed by atoms with van der Waals surface area (Å²) in [6.45, 7) is 1.95. The lowest BCUT2D eigenvalue weighted by atomic mass is 10.2. The van der Waals surface area contributed by atoms with Crippen LogP contribution in [0.15, 0.2) is 49.1 Å². The van der Waals surface area contributed by atoms with Crippen LogP contribution in [-0.2, 0) is 0 Å². The van der Waals surface area contributed by atoms with Gasteiger partial charge in [-0.05, 0) is 43.3 Å². The molecule has 4 aromatic rings. The Morgan fingerprint density at radius 3 is 2.73 bits per heavy atom. The van der Waals surface area contributed by atoms with Gasteiger partial charge in [0.25, 0.3) is 5.91 Å². The van der Waals surface area contributed by atoms with Crippen LogP contribution in [0.1, 0.15) is 15.4 Å². The third kappa shape index (κ3) is 3.02. The van der Waals surface area contributed by atoms with Crippen molar-refractivity contribution in [1.82, 2.24) is 19.7 Å². The van der Waals surface area contributed by atoms with Crippen molar-refractivity contribution in [3.63, 3.8) is 0 Å². The Hall–Kier alpha value is -3.26. The topological polar surface area (TPSA) is 81.9 Å². The molecular weight excluding hydrogens is 350 g/mol. The number of nitrogens with zero attached hydrogens (tertiary/aromatic N) is 4. The van der Waals surface area contributed by atoms with Crippen molar-refractivity contribution in [1.29, 1.82) is 0 Å². The van der Waals surface area contributed by atoms with Gasteiger partial charge in [0.1, 0.15) is 18.4 Å². The first-order valence-electron chi connectivity index (χ1n) is 7.85. The van der Waals surface area contributed by atoms with Crippen LogP contribution in [0.3, 0.4) is 0 Å². The highest BCUT2D eigenvalue weighted by molar-refractivity contribution is 7.18. The number of fused-ring (bicyclic) bond motifs is 1. The minimum atomic E-state index is -0.225. The van der Waals surface area contributed by atoms with Gasteiger partial charge < -0.3 is 10.1 Å². The molecule has 1 amide bonds. The monoisotopic (exact) mass is 365 g/mol. The first-order valence-corrected chi connectivity index (χ1v) is 8.67. The minimum absolute atomic E-state index is 0.225. The van der Waals surface area contributed by atoms with Gasteiger partial charge in [0, 0.05) is 5.56 Å². The molecule has 0 fully saturated rings. The molecule has 0 atom stereocenters. The third-order valence-corrected chi connectivity index (χ3v) is 4.86. The maximum atomic E-state index is 12.7. The van der Waals surface area contributed by atoms with E-state index in [9.17, 15) is 4.79 Å². The lowest BCUT2D eigenvalue weighted by Gasteiger charge is -2.12. The fraction of sp³-hybridized carbons (Fsp3) is 0.111. The number of rotatable bonds is 4. The molecule has 2 heterocycles. The van der Waals surface area contributed by atoms with Gasteiger partial charge in [0.2, 0.25) is 0 Å². The predicted octanol–water partition coefficient (Wildman–Crippen LogP) is 3.45. The molecule has 0 bridgehead atoms. The fourth-order valence-electron chi connectivity index (χ4n) is 2.67. The Labute approximate surface area is 153 Å². The second-order valence-electron chi connectivity index (χ2n) is 5.62. The first kappa shape index (κ1) is 16.2. The van der Waals surface area contributed by atoms with Gasteiger partial charge in [-0.2, -0.15) is 0 Å². The van der Waals surface area contributed by atoms with Crippen LogP contribution in [0.2, 0.25) is 0 Å². The van der Waals surface area contributed by atoms with Gasteiger partial charge in [-0.25, -0.2) is 4.98 Å². The number of carbonyl (C=O) groups is 1. The summed E-state index contributed by atoms with van der Waals surface area (Å²) in [5.74, 6) is 0.345. The summed E-state index contributed by atoms with van der Waals surface area (Å²) in [6.07, 6.45) is 3.18. The van der Waals surface area contributed by atoms with Crippen LogP contribution in [0.4, 0.5) is 5.69 Å². The third-order valence-electron chi connectivity index (χ3n) is 3.90. The molecule has 0 unspecified atom stereocenters. The number of hydrogen-bond donors (Lipinski definition) is 1. The summed E-state index contributed by atoms with van der Waals surface area (Å²) in [5, 5.41) is 11.5. The number of ether oxygens (including phenoxy) is 1. The Kier molecular flexibility index (Phi) is 4.10. The molecular formula is C18H15N5O2S. The van der Waals surface area contributed by atoms with E-state index in [2.05, 4.69) is 20.5 Å². The smallest absolute Gasteiger partial charge is 0.255 e. The predicted molar refractivity (Wildman–Crippen MR) is 100 cm³/mol. The number of methoxy groups -OCH3 is 1.